The Bertz CT molecular complexity index is 906. The second-order valence-corrected chi connectivity index (χ2v) is 6.61. The molecule has 0 spiro atoms. The normalized spacial score (nSPS) is 10.7. The van der Waals surface area contributed by atoms with Crippen LogP contribution in [0.2, 0.25) is 0 Å². The van der Waals surface area contributed by atoms with Crippen LogP contribution in [0.15, 0.2) is 66.9 Å². The maximum atomic E-state index is 12.9. The molecule has 1 heterocycles. The van der Waals surface area contributed by atoms with Gasteiger partial charge in [0.15, 0.2) is 0 Å². The Labute approximate surface area is 158 Å². The number of hydrogen-bond acceptors (Lipinski definition) is 3. The molecular formula is C22H22FN3O. The zero-order valence-corrected chi connectivity index (χ0v) is 15.4. The van der Waals surface area contributed by atoms with E-state index in [1.54, 1.807) is 30.5 Å². The number of amides is 1. The standard InChI is InChI=1S/C22H22FN3O/c1-15(2)19-5-3-4-6-20(19)26-21-12-9-17(14-24-21)22(27)25-13-16-7-10-18(23)11-8-16/h3-12,14-15H,13H2,1-2H3,(H,24,26)(H,25,27). The molecule has 0 aliphatic heterocycles. The lowest BCUT2D eigenvalue weighted by Gasteiger charge is -2.14. The first-order chi connectivity index (χ1) is 13.0. The molecule has 5 heteroatoms. The largest absolute Gasteiger partial charge is 0.348 e. The zero-order chi connectivity index (χ0) is 19.2. The fourth-order valence-corrected chi connectivity index (χ4v) is 2.74. The minimum absolute atomic E-state index is 0.221. The topological polar surface area (TPSA) is 54.0 Å². The Hall–Kier alpha value is -3.21. The molecule has 0 unspecified atom stereocenters. The van der Waals surface area contributed by atoms with Gasteiger partial charge in [-0.3, -0.25) is 4.79 Å². The second kappa shape index (κ2) is 8.45. The zero-order valence-electron chi connectivity index (χ0n) is 15.4. The molecule has 0 aliphatic carbocycles. The van der Waals surface area contributed by atoms with Crippen LogP contribution in [-0.2, 0) is 6.54 Å². The maximum Gasteiger partial charge on any atom is 0.253 e. The summed E-state index contributed by atoms with van der Waals surface area (Å²) in [6, 6.07) is 17.6. The lowest BCUT2D eigenvalue weighted by atomic mass is 10.0. The Kier molecular flexibility index (Phi) is 5.81. The van der Waals surface area contributed by atoms with Gasteiger partial charge in [0.2, 0.25) is 0 Å². The average Bonchev–Trinajstić information content (AvgIpc) is 2.68. The van der Waals surface area contributed by atoms with Crippen molar-refractivity contribution >= 4 is 17.4 Å². The van der Waals surface area contributed by atoms with Gasteiger partial charge in [-0.05, 0) is 47.4 Å². The summed E-state index contributed by atoms with van der Waals surface area (Å²) in [5.41, 5.74) is 3.52. The molecule has 2 N–H and O–H groups in total. The number of carbonyl (C=O) groups is 1. The third-order valence-electron chi connectivity index (χ3n) is 4.24. The van der Waals surface area contributed by atoms with E-state index in [2.05, 4.69) is 35.5 Å². The predicted octanol–water partition coefficient (Wildman–Crippen LogP) is 5.02. The third kappa shape index (κ3) is 4.91. The molecule has 0 fully saturated rings. The molecule has 1 aromatic heterocycles. The van der Waals surface area contributed by atoms with Crippen LogP contribution in [0.25, 0.3) is 0 Å². The van der Waals surface area contributed by atoms with E-state index in [-0.39, 0.29) is 11.7 Å². The van der Waals surface area contributed by atoms with Gasteiger partial charge in [0.1, 0.15) is 11.6 Å². The minimum atomic E-state index is -0.295. The number of benzene rings is 2. The van der Waals surface area contributed by atoms with Crippen molar-refractivity contribution in [2.45, 2.75) is 26.3 Å². The van der Waals surface area contributed by atoms with Gasteiger partial charge >= 0.3 is 0 Å². The fraction of sp³-hybridized carbons (Fsp3) is 0.182. The number of hydrogen-bond donors (Lipinski definition) is 2. The molecule has 0 saturated carbocycles. The van der Waals surface area contributed by atoms with Crippen LogP contribution >= 0.6 is 0 Å². The summed E-state index contributed by atoms with van der Waals surface area (Å²) < 4.78 is 12.9. The highest BCUT2D eigenvalue weighted by atomic mass is 19.1. The number of nitrogens with zero attached hydrogens (tertiary/aromatic N) is 1. The Morgan fingerprint density at radius 2 is 1.78 bits per heavy atom. The van der Waals surface area contributed by atoms with E-state index in [0.717, 1.165) is 11.3 Å². The summed E-state index contributed by atoms with van der Waals surface area (Å²) in [6.07, 6.45) is 1.54. The van der Waals surface area contributed by atoms with Crippen LogP contribution in [0.1, 0.15) is 41.3 Å². The summed E-state index contributed by atoms with van der Waals surface area (Å²) in [4.78, 5) is 16.6. The number of halogens is 1. The van der Waals surface area contributed by atoms with Gasteiger partial charge in [0.25, 0.3) is 5.91 Å². The first-order valence-electron chi connectivity index (χ1n) is 8.87. The molecule has 0 saturated heterocycles. The van der Waals surface area contributed by atoms with E-state index >= 15 is 0 Å². The van der Waals surface area contributed by atoms with Crippen molar-refractivity contribution in [2.24, 2.45) is 0 Å². The van der Waals surface area contributed by atoms with Crippen molar-refractivity contribution in [2.75, 3.05) is 5.32 Å². The molecule has 4 nitrogen and oxygen atoms in total. The molecule has 3 aromatic rings. The molecule has 0 atom stereocenters. The number of carbonyl (C=O) groups excluding carboxylic acids is 1. The van der Waals surface area contributed by atoms with Crippen molar-refractivity contribution in [1.82, 2.24) is 10.3 Å². The summed E-state index contributed by atoms with van der Waals surface area (Å²) in [5, 5.41) is 6.11. The van der Waals surface area contributed by atoms with Crippen LogP contribution in [0.3, 0.4) is 0 Å². The molecule has 0 bridgehead atoms. The minimum Gasteiger partial charge on any atom is -0.348 e. The lowest BCUT2D eigenvalue weighted by molar-refractivity contribution is 0.0950. The van der Waals surface area contributed by atoms with Gasteiger partial charge in [-0.15, -0.1) is 0 Å². The monoisotopic (exact) mass is 363 g/mol. The predicted molar refractivity (Wildman–Crippen MR) is 106 cm³/mol. The number of pyridine rings is 1. The fourth-order valence-electron chi connectivity index (χ4n) is 2.74. The van der Waals surface area contributed by atoms with Crippen molar-refractivity contribution < 1.29 is 9.18 Å². The summed E-state index contributed by atoms with van der Waals surface area (Å²) >= 11 is 0. The highest BCUT2D eigenvalue weighted by molar-refractivity contribution is 5.94. The molecule has 27 heavy (non-hydrogen) atoms. The molecule has 2 aromatic carbocycles. The van der Waals surface area contributed by atoms with E-state index in [0.29, 0.717) is 23.8 Å². The maximum absolute atomic E-state index is 12.9. The second-order valence-electron chi connectivity index (χ2n) is 6.61. The molecular weight excluding hydrogens is 341 g/mol. The van der Waals surface area contributed by atoms with Crippen LogP contribution in [0.4, 0.5) is 15.9 Å². The molecule has 0 aliphatic rings. The SMILES string of the molecule is CC(C)c1ccccc1Nc1ccc(C(=O)NCc2ccc(F)cc2)cn1. The molecule has 0 radical (unpaired) electrons. The van der Waals surface area contributed by atoms with Crippen molar-refractivity contribution in [3.8, 4) is 0 Å². The highest BCUT2D eigenvalue weighted by Gasteiger charge is 2.09. The van der Waals surface area contributed by atoms with Gasteiger partial charge in [-0.1, -0.05) is 44.2 Å². The summed E-state index contributed by atoms with van der Waals surface area (Å²) in [7, 11) is 0. The summed E-state index contributed by atoms with van der Waals surface area (Å²) in [6.45, 7) is 4.62. The van der Waals surface area contributed by atoms with E-state index in [4.69, 9.17) is 0 Å². The third-order valence-corrected chi connectivity index (χ3v) is 4.24. The first-order valence-corrected chi connectivity index (χ1v) is 8.87. The Balaban J connectivity index is 1.63. The number of anilines is 2. The first kappa shape index (κ1) is 18.6. The van der Waals surface area contributed by atoms with E-state index in [1.807, 2.05) is 18.2 Å². The van der Waals surface area contributed by atoms with Crippen molar-refractivity contribution in [3.63, 3.8) is 0 Å². The lowest BCUT2D eigenvalue weighted by Crippen LogP contribution is -2.22. The number of para-hydroxylation sites is 1. The van der Waals surface area contributed by atoms with E-state index < -0.39 is 0 Å². The average molecular weight is 363 g/mol. The summed E-state index contributed by atoms with van der Waals surface area (Å²) in [5.74, 6) is 0.556. The van der Waals surface area contributed by atoms with Crippen molar-refractivity contribution in [1.29, 1.82) is 0 Å². The van der Waals surface area contributed by atoms with Gasteiger partial charge in [0.05, 0.1) is 5.56 Å². The van der Waals surface area contributed by atoms with Crippen LogP contribution in [-0.4, -0.2) is 10.9 Å². The van der Waals surface area contributed by atoms with Crippen LogP contribution in [0.5, 0.6) is 0 Å². The van der Waals surface area contributed by atoms with E-state index in [9.17, 15) is 9.18 Å². The molecule has 3 rings (SSSR count). The van der Waals surface area contributed by atoms with E-state index in [1.165, 1.54) is 17.7 Å². The Morgan fingerprint density at radius 1 is 1.04 bits per heavy atom. The molecule has 138 valence electrons. The highest BCUT2D eigenvalue weighted by Crippen LogP contribution is 2.26. The number of rotatable bonds is 6. The number of aromatic nitrogens is 1. The van der Waals surface area contributed by atoms with Gasteiger partial charge in [0, 0.05) is 18.4 Å². The van der Waals surface area contributed by atoms with Gasteiger partial charge in [-0.2, -0.15) is 0 Å². The van der Waals surface area contributed by atoms with Crippen molar-refractivity contribution in [3.05, 3.63) is 89.4 Å². The van der Waals surface area contributed by atoms with Crippen LogP contribution < -0.4 is 10.6 Å². The quantitative estimate of drug-likeness (QED) is 0.647. The molecule has 1 amide bonds. The van der Waals surface area contributed by atoms with Crippen LogP contribution in [0, 0.1) is 5.82 Å². The Morgan fingerprint density at radius 3 is 2.44 bits per heavy atom. The smallest absolute Gasteiger partial charge is 0.253 e. The van der Waals surface area contributed by atoms with Gasteiger partial charge < -0.3 is 10.6 Å². The number of nitrogens with one attached hydrogen (secondary N) is 2. The van der Waals surface area contributed by atoms with Gasteiger partial charge in [-0.25, -0.2) is 9.37 Å².